The molecule has 0 aliphatic carbocycles. The van der Waals surface area contributed by atoms with Gasteiger partial charge in [-0.3, -0.25) is 13.8 Å². The molecule has 9 heteroatoms. The number of esters is 1. The molecule has 1 unspecified atom stereocenters. The Bertz CT molecular complexity index is 569. The first-order valence-electron chi connectivity index (χ1n) is 14.2. The average Bonchev–Trinajstić information content (AvgIpc) is 2.78. The Balaban J connectivity index is 3.74. The van der Waals surface area contributed by atoms with Gasteiger partial charge >= 0.3 is 13.8 Å². The second-order valence-electron chi connectivity index (χ2n) is 10.9. The predicted molar refractivity (Wildman–Crippen MR) is 146 cm³/mol. The summed E-state index contributed by atoms with van der Waals surface area (Å²) < 4.78 is 33.4. The zero-order valence-corrected chi connectivity index (χ0v) is 24.9. The molecule has 1 N–H and O–H groups in total. The van der Waals surface area contributed by atoms with Crippen molar-refractivity contribution in [3.05, 3.63) is 0 Å². The normalized spacial score (nSPS) is 14.5. The van der Waals surface area contributed by atoms with Gasteiger partial charge in [0.25, 0.3) is 0 Å². The Morgan fingerprint density at radius 3 is 1.67 bits per heavy atom. The molecule has 216 valence electrons. The van der Waals surface area contributed by atoms with Crippen LogP contribution in [0, 0.1) is 0 Å². The van der Waals surface area contributed by atoms with Crippen molar-refractivity contribution >= 4 is 13.8 Å². The van der Waals surface area contributed by atoms with Crippen molar-refractivity contribution in [2.75, 3.05) is 54.1 Å². The first-order chi connectivity index (χ1) is 17.1. The number of phosphoric ester groups is 1. The first-order valence-corrected chi connectivity index (χ1v) is 15.7. The minimum absolute atomic E-state index is 0.0885. The van der Waals surface area contributed by atoms with E-state index in [1.807, 2.05) is 21.1 Å². The second kappa shape index (κ2) is 22.5. The Labute approximate surface area is 221 Å². The van der Waals surface area contributed by atoms with Crippen molar-refractivity contribution in [2.24, 2.45) is 0 Å². The smallest absolute Gasteiger partial charge is 0.458 e. The molecule has 36 heavy (non-hydrogen) atoms. The maximum atomic E-state index is 12.0. The van der Waals surface area contributed by atoms with Crippen LogP contribution >= 0.6 is 7.82 Å². The van der Waals surface area contributed by atoms with Gasteiger partial charge in [-0.2, -0.15) is 0 Å². The van der Waals surface area contributed by atoms with E-state index in [0.29, 0.717) is 17.6 Å². The van der Waals surface area contributed by atoms with E-state index < -0.39 is 19.9 Å². The van der Waals surface area contributed by atoms with Gasteiger partial charge in [-0.05, 0) is 6.42 Å². The standard InChI is InChI=1S/C27H56NO7P/c1-6-7-8-9-10-11-12-13-14-15-16-17-18-19-20-22-32-24-27(35-26(2)29)25-34-36(30,31)33-23-21-28(3,4)5/h27H,6-25H2,1-5H3/p+1/t27-/m1/s1. The van der Waals surface area contributed by atoms with Crippen LogP contribution in [0.15, 0.2) is 0 Å². The molecule has 0 aromatic rings. The summed E-state index contributed by atoms with van der Waals surface area (Å²) in [5, 5.41) is 0. The van der Waals surface area contributed by atoms with Crippen molar-refractivity contribution in [2.45, 2.75) is 116 Å². The molecule has 8 nitrogen and oxygen atoms in total. The molecule has 0 aliphatic heterocycles. The number of likely N-dealkylation sites (N-methyl/N-ethyl adjacent to an activating group) is 1. The van der Waals surface area contributed by atoms with Gasteiger partial charge in [0.1, 0.15) is 19.3 Å². The highest BCUT2D eigenvalue weighted by Crippen LogP contribution is 2.43. The van der Waals surface area contributed by atoms with Gasteiger partial charge < -0.3 is 18.9 Å². The third-order valence-corrected chi connectivity index (χ3v) is 6.95. The van der Waals surface area contributed by atoms with Crippen LogP contribution in [0.3, 0.4) is 0 Å². The van der Waals surface area contributed by atoms with Crippen LogP contribution in [0.1, 0.15) is 110 Å². The summed E-state index contributed by atoms with van der Waals surface area (Å²) in [5.74, 6) is -0.488. The molecule has 0 amide bonds. The maximum absolute atomic E-state index is 12.0. The van der Waals surface area contributed by atoms with Crippen molar-refractivity contribution in [3.8, 4) is 0 Å². The van der Waals surface area contributed by atoms with Crippen molar-refractivity contribution < 1.29 is 37.3 Å². The highest BCUT2D eigenvalue weighted by atomic mass is 31.2. The molecule has 2 atom stereocenters. The summed E-state index contributed by atoms with van der Waals surface area (Å²) >= 11 is 0. The zero-order valence-electron chi connectivity index (χ0n) is 24.0. The molecule has 0 aromatic heterocycles. The molecule has 0 heterocycles. The predicted octanol–water partition coefficient (Wildman–Crippen LogP) is 6.65. The SMILES string of the molecule is CCCCCCCCCCCCCCCCCOC[C@H](COP(=O)(O)OCC[N+](C)(C)C)OC(C)=O. The van der Waals surface area contributed by atoms with Gasteiger partial charge in [-0.15, -0.1) is 0 Å². The quantitative estimate of drug-likeness (QED) is 0.0571. The van der Waals surface area contributed by atoms with Gasteiger partial charge in [-0.25, -0.2) is 4.57 Å². The van der Waals surface area contributed by atoms with E-state index in [-0.39, 0.29) is 19.8 Å². The fraction of sp³-hybridized carbons (Fsp3) is 0.963. The molecule has 0 rings (SSSR count). The Morgan fingerprint density at radius 1 is 0.750 bits per heavy atom. The lowest BCUT2D eigenvalue weighted by molar-refractivity contribution is -0.870. The number of unbranched alkanes of at least 4 members (excludes halogenated alkanes) is 14. The summed E-state index contributed by atoms with van der Waals surface area (Å²) in [6.45, 7) is 4.63. The fourth-order valence-corrected chi connectivity index (χ4v) is 4.53. The van der Waals surface area contributed by atoms with Crippen LogP contribution in [-0.4, -0.2) is 75.6 Å². The van der Waals surface area contributed by atoms with Crippen LogP contribution in [0.25, 0.3) is 0 Å². The molecule has 0 saturated heterocycles. The Hall–Kier alpha value is -0.500. The van der Waals surface area contributed by atoms with Crippen molar-refractivity contribution in [1.29, 1.82) is 0 Å². The topological polar surface area (TPSA) is 91.3 Å². The number of quaternary nitrogens is 1. The number of hydrogen-bond acceptors (Lipinski definition) is 6. The Morgan fingerprint density at radius 2 is 1.22 bits per heavy atom. The van der Waals surface area contributed by atoms with Crippen LogP contribution in [-0.2, 0) is 27.9 Å². The van der Waals surface area contributed by atoms with Gasteiger partial charge in [-0.1, -0.05) is 96.8 Å². The lowest BCUT2D eigenvalue weighted by Gasteiger charge is -2.24. The summed E-state index contributed by atoms with van der Waals surface area (Å²) in [5.41, 5.74) is 0. The molecule has 0 aromatic carbocycles. The number of hydrogen-bond donors (Lipinski definition) is 1. The molecule has 0 bridgehead atoms. The van der Waals surface area contributed by atoms with E-state index in [1.165, 1.54) is 90.4 Å². The fourth-order valence-electron chi connectivity index (χ4n) is 3.79. The summed E-state index contributed by atoms with van der Waals surface area (Å²) in [6, 6.07) is 0. The zero-order chi connectivity index (χ0) is 27.1. The van der Waals surface area contributed by atoms with E-state index in [2.05, 4.69) is 6.92 Å². The lowest BCUT2D eigenvalue weighted by atomic mass is 10.0. The number of nitrogens with zero attached hydrogens (tertiary/aromatic N) is 1. The van der Waals surface area contributed by atoms with Crippen LogP contribution in [0.5, 0.6) is 0 Å². The van der Waals surface area contributed by atoms with E-state index in [4.69, 9.17) is 18.5 Å². The third kappa shape index (κ3) is 26.6. The molecule has 0 aliphatic rings. The van der Waals surface area contributed by atoms with E-state index in [0.717, 1.165) is 12.8 Å². The molecule has 0 saturated carbocycles. The van der Waals surface area contributed by atoms with Crippen LogP contribution in [0.4, 0.5) is 0 Å². The third-order valence-electron chi connectivity index (χ3n) is 5.97. The largest absolute Gasteiger partial charge is 0.472 e. The van der Waals surface area contributed by atoms with Gasteiger partial charge in [0.15, 0.2) is 0 Å². The highest BCUT2D eigenvalue weighted by molar-refractivity contribution is 7.47. The van der Waals surface area contributed by atoms with Gasteiger partial charge in [0.2, 0.25) is 0 Å². The molecular weight excluding hydrogens is 481 g/mol. The van der Waals surface area contributed by atoms with E-state index in [1.54, 1.807) is 0 Å². The van der Waals surface area contributed by atoms with E-state index in [9.17, 15) is 14.3 Å². The molecule has 0 fully saturated rings. The number of carbonyl (C=O) groups is 1. The van der Waals surface area contributed by atoms with Crippen LogP contribution in [0.2, 0.25) is 0 Å². The number of phosphoric acid groups is 1. The Kier molecular flexibility index (Phi) is 22.2. The summed E-state index contributed by atoms with van der Waals surface area (Å²) in [4.78, 5) is 21.2. The minimum Gasteiger partial charge on any atom is -0.458 e. The van der Waals surface area contributed by atoms with Gasteiger partial charge in [0, 0.05) is 13.5 Å². The number of rotatable bonds is 26. The van der Waals surface area contributed by atoms with Crippen molar-refractivity contribution in [1.82, 2.24) is 0 Å². The number of carbonyl (C=O) groups excluding carboxylic acids is 1. The van der Waals surface area contributed by atoms with E-state index >= 15 is 0 Å². The maximum Gasteiger partial charge on any atom is 0.472 e. The highest BCUT2D eigenvalue weighted by Gasteiger charge is 2.25. The minimum atomic E-state index is -4.21. The van der Waals surface area contributed by atoms with Crippen LogP contribution < -0.4 is 0 Å². The first kappa shape index (κ1) is 35.5. The lowest BCUT2D eigenvalue weighted by Crippen LogP contribution is -2.37. The summed E-state index contributed by atoms with van der Waals surface area (Å²) in [6.07, 6.45) is 18.9. The average molecular weight is 539 g/mol. The summed E-state index contributed by atoms with van der Waals surface area (Å²) in [7, 11) is 1.66. The monoisotopic (exact) mass is 538 g/mol. The van der Waals surface area contributed by atoms with Crippen molar-refractivity contribution in [3.63, 3.8) is 0 Å². The molecule has 0 spiro atoms. The molecular formula is C27H57NO7P+. The second-order valence-corrected chi connectivity index (χ2v) is 12.3. The molecule has 0 radical (unpaired) electrons. The van der Waals surface area contributed by atoms with Gasteiger partial charge in [0.05, 0.1) is 34.4 Å². The number of ether oxygens (including phenoxy) is 2.